The third-order valence-electron chi connectivity index (χ3n) is 5.20. The van der Waals surface area contributed by atoms with Crippen molar-refractivity contribution in [1.82, 2.24) is 5.32 Å². The number of nitrogens with two attached hydrogens (primary N) is 1. The van der Waals surface area contributed by atoms with Gasteiger partial charge in [-0.3, -0.25) is 4.79 Å². The van der Waals surface area contributed by atoms with Crippen molar-refractivity contribution >= 4 is 30.1 Å². The largest absolute Gasteiger partial charge is 0.349 e. The normalized spacial score (nSPS) is 29.5. The van der Waals surface area contributed by atoms with E-state index in [9.17, 15) is 4.79 Å². The summed E-state index contributed by atoms with van der Waals surface area (Å²) in [5, 5.41) is 3.31. The maximum atomic E-state index is 12.5. The molecule has 3 nitrogen and oxygen atoms in total. The van der Waals surface area contributed by atoms with Gasteiger partial charge in [0.15, 0.2) is 0 Å². The first-order valence-corrected chi connectivity index (χ1v) is 9.71. The third kappa shape index (κ3) is 4.43. The average Bonchev–Trinajstić information content (AvgIpc) is 2.49. The van der Waals surface area contributed by atoms with Gasteiger partial charge in [-0.05, 0) is 61.5 Å². The Bertz CT molecular complexity index is 508. The third-order valence-corrected chi connectivity index (χ3v) is 5.82. The Kier molecular flexibility index (Phi) is 6.81. The van der Waals surface area contributed by atoms with Crippen LogP contribution in [0.1, 0.15) is 48.0 Å². The second-order valence-corrected chi connectivity index (χ2v) is 7.68. The van der Waals surface area contributed by atoms with Crippen LogP contribution in [0.5, 0.6) is 0 Å². The first kappa shape index (κ1) is 18.6. The molecular formula is C18H27ClN2OS. The number of carbonyl (C=O) groups excluding carboxylic acids is 1. The maximum absolute atomic E-state index is 12.5. The van der Waals surface area contributed by atoms with E-state index in [0.29, 0.717) is 23.9 Å². The maximum Gasteiger partial charge on any atom is 0.251 e. The molecule has 3 rings (SSSR count). The number of amides is 1. The van der Waals surface area contributed by atoms with Gasteiger partial charge in [0.25, 0.3) is 5.91 Å². The summed E-state index contributed by atoms with van der Waals surface area (Å²) in [5.41, 5.74) is 8.20. The van der Waals surface area contributed by atoms with Crippen LogP contribution in [0, 0.1) is 11.8 Å². The number of thioether (sulfide) groups is 1. The Morgan fingerprint density at radius 1 is 1.22 bits per heavy atom. The number of hydrogen-bond acceptors (Lipinski definition) is 3. The fourth-order valence-electron chi connectivity index (χ4n) is 4.18. The lowest BCUT2D eigenvalue weighted by molar-refractivity contribution is 0.0756. The van der Waals surface area contributed by atoms with Crippen LogP contribution in [0.2, 0.25) is 0 Å². The van der Waals surface area contributed by atoms with Crippen molar-refractivity contribution in [3.63, 3.8) is 0 Å². The molecule has 1 aromatic rings. The van der Waals surface area contributed by atoms with Gasteiger partial charge < -0.3 is 11.1 Å². The quantitative estimate of drug-likeness (QED) is 0.868. The Morgan fingerprint density at radius 3 is 2.39 bits per heavy atom. The molecular weight excluding hydrogens is 328 g/mol. The van der Waals surface area contributed by atoms with Gasteiger partial charge in [-0.25, -0.2) is 0 Å². The van der Waals surface area contributed by atoms with Crippen molar-refractivity contribution in [2.45, 2.75) is 49.9 Å². The van der Waals surface area contributed by atoms with E-state index < -0.39 is 0 Å². The number of rotatable bonds is 4. The molecule has 0 aliphatic heterocycles. The zero-order valence-corrected chi connectivity index (χ0v) is 15.3. The van der Waals surface area contributed by atoms with Crippen LogP contribution >= 0.6 is 24.2 Å². The molecule has 2 aliphatic rings. The first-order valence-electron chi connectivity index (χ1n) is 8.31. The Hall–Kier alpha value is -0.710. The minimum atomic E-state index is 0. The lowest BCUT2D eigenvalue weighted by Gasteiger charge is -2.45. The van der Waals surface area contributed by atoms with Gasteiger partial charge in [0.2, 0.25) is 0 Å². The molecule has 2 atom stereocenters. The second kappa shape index (κ2) is 8.41. The van der Waals surface area contributed by atoms with E-state index in [1.807, 2.05) is 12.1 Å². The summed E-state index contributed by atoms with van der Waals surface area (Å²) in [6, 6.07) is 8.67. The lowest BCUT2D eigenvalue weighted by atomic mass is 9.67. The van der Waals surface area contributed by atoms with Gasteiger partial charge in [-0.2, -0.15) is 11.8 Å². The molecule has 0 saturated heterocycles. The van der Waals surface area contributed by atoms with E-state index in [1.165, 1.54) is 24.8 Å². The molecule has 2 aliphatic carbocycles. The van der Waals surface area contributed by atoms with Crippen LogP contribution in [0.15, 0.2) is 24.3 Å². The Morgan fingerprint density at radius 2 is 1.83 bits per heavy atom. The molecule has 0 aromatic heterocycles. The molecule has 23 heavy (non-hydrogen) atoms. The van der Waals surface area contributed by atoms with Crippen molar-refractivity contribution in [3.05, 3.63) is 35.4 Å². The van der Waals surface area contributed by atoms with E-state index >= 15 is 0 Å². The number of nitrogens with one attached hydrogen (secondary N) is 1. The van der Waals surface area contributed by atoms with Crippen molar-refractivity contribution in [1.29, 1.82) is 0 Å². The number of fused-ring (bicyclic) bond motifs is 2. The van der Waals surface area contributed by atoms with E-state index in [1.54, 1.807) is 11.8 Å². The molecule has 0 spiro atoms. The van der Waals surface area contributed by atoms with Crippen molar-refractivity contribution in [2.24, 2.45) is 17.6 Å². The predicted octanol–water partition coefficient (Wildman–Crippen LogP) is 3.61. The summed E-state index contributed by atoms with van der Waals surface area (Å²) < 4.78 is 0. The fourth-order valence-corrected chi connectivity index (χ4v) is 4.70. The number of halogens is 1. The first-order chi connectivity index (χ1) is 10.7. The molecule has 2 fully saturated rings. The number of hydrogen-bond donors (Lipinski definition) is 2. The number of benzene rings is 1. The zero-order valence-electron chi connectivity index (χ0n) is 13.7. The topological polar surface area (TPSA) is 55.1 Å². The monoisotopic (exact) mass is 354 g/mol. The van der Waals surface area contributed by atoms with Gasteiger partial charge in [-0.1, -0.05) is 18.6 Å². The SMILES string of the molecule is CSCc1ccc(C(=O)NC2C3CCCC2CC(N)C3)cc1.Cl. The van der Waals surface area contributed by atoms with Gasteiger partial charge >= 0.3 is 0 Å². The standard InChI is InChI=1S/C18H26N2OS.ClH/c1-22-11-12-5-7-13(8-6-12)18(21)20-17-14-3-2-4-15(17)10-16(19)9-14;/h5-8,14-17H,2-4,9-11,19H2,1H3,(H,20,21);1H. The van der Waals surface area contributed by atoms with Crippen LogP contribution < -0.4 is 11.1 Å². The summed E-state index contributed by atoms with van der Waals surface area (Å²) in [4.78, 5) is 12.5. The van der Waals surface area contributed by atoms with Gasteiger partial charge in [-0.15, -0.1) is 12.4 Å². The molecule has 2 bridgehead atoms. The molecule has 128 valence electrons. The molecule has 5 heteroatoms. The second-order valence-electron chi connectivity index (χ2n) is 6.81. The van der Waals surface area contributed by atoms with Crippen molar-refractivity contribution < 1.29 is 4.79 Å². The average molecular weight is 355 g/mol. The van der Waals surface area contributed by atoms with E-state index in [0.717, 1.165) is 24.2 Å². The molecule has 3 N–H and O–H groups in total. The van der Waals surface area contributed by atoms with E-state index in [2.05, 4.69) is 23.7 Å². The molecule has 0 radical (unpaired) electrons. The van der Waals surface area contributed by atoms with Gasteiger partial charge in [0.1, 0.15) is 0 Å². The van der Waals surface area contributed by atoms with Crippen LogP contribution in [0.4, 0.5) is 0 Å². The van der Waals surface area contributed by atoms with Gasteiger partial charge in [0.05, 0.1) is 0 Å². The van der Waals surface area contributed by atoms with Crippen LogP contribution in [0.3, 0.4) is 0 Å². The lowest BCUT2D eigenvalue weighted by Crippen LogP contribution is -2.53. The van der Waals surface area contributed by atoms with Crippen molar-refractivity contribution in [2.75, 3.05) is 6.26 Å². The van der Waals surface area contributed by atoms with Crippen molar-refractivity contribution in [3.8, 4) is 0 Å². The highest BCUT2D eigenvalue weighted by Gasteiger charge is 2.39. The Balaban J connectivity index is 0.00000192. The highest BCUT2D eigenvalue weighted by molar-refractivity contribution is 7.97. The molecule has 1 amide bonds. The summed E-state index contributed by atoms with van der Waals surface area (Å²) in [6.45, 7) is 0. The van der Waals surface area contributed by atoms with Crippen LogP contribution in [-0.2, 0) is 5.75 Å². The fraction of sp³-hybridized carbons (Fsp3) is 0.611. The minimum Gasteiger partial charge on any atom is -0.349 e. The van der Waals surface area contributed by atoms with Crippen LogP contribution in [-0.4, -0.2) is 24.2 Å². The molecule has 2 saturated carbocycles. The molecule has 0 heterocycles. The highest BCUT2D eigenvalue weighted by atomic mass is 35.5. The molecule has 2 unspecified atom stereocenters. The van der Waals surface area contributed by atoms with Gasteiger partial charge in [0, 0.05) is 23.4 Å². The minimum absolute atomic E-state index is 0. The highest BCUT2D eigenvalue weighted by Crippen LogP contribution is 2.39. The van der Waals surface area contributed by atoms with E-state index in [4.69, 9.17) is 5.73 Å². The summed E-state index contributed by atoms with van der Waals surface area (Å²) in [7, 11) is 0. The molecule has 1 aromatic carbocycles. The Labute approximate surface area is 149 Å². The van der Waals surface area contributed by atoms with Crippen LogP contribution in [0.25, 0.3) is 0 Å². The number of carbonyl (C=O) groups is 1. The summed E-state index contributed by atoms with van der Waals surface area (Å²) >= 11 is 1.80. The summed E-state index contributed by atoms with van der Waals surface area (Å²) in [5.74, 6) is 2.21. The predicted molar refractivity (Wildman–Crippen MR) is 100 cm³/mol. The summed E-state index contributed by atoms with van der Waals surface area (Å²) in [6.07, 6.45) is 7.93. The zero-order chi connectivity index (χ0) is 15.5. The van der Waals surface area contributed by atoms with E-state index in [-0.39, 0.29) is 18.3 Å². The smallest absolute Gasteiger partial charge is 0.251 e.